The highest BCUT2D eigenvalue weighted by atomic mass is 16.3. The molecule has 3 rings (SSSR count). The third-order valence-corrected chi connectivity index (χ3v) is 5.82. The zero-order valence-electron chi connectivity index (χ0n) is 17.9. The van der Waals surface area contributed by atoms with Crippen molar-refractivity contribution in [2.45, 2.75) is 32.6 Å². The lowest BCUT2D eigenvalue weighted by atomic mass is 9.83. The summed E-state index contributed by atoms with van der Waals surface area (Å²) in [6, 6.07) is 8.13. The van der Waals surface area contributed by atoms with Gasteiger partial charge in [0.15, 0.2) is 5.78 Å². The van der Waals surface area contributed by atoms with Gasteiger partial charge in [0.2, 0.25) is 5.91 Å². The lowest BCUT2D eigenvalue weighted by Gasteiger charge is -2.34. The molecule has 0 bridgehead atoms. The van der Waals surface area contributed by atoms with E-state index in [-0.39, 0.29) is 23.4 Å². The van der Waals surface area contributed by atoms with Crippen LogP contribution in [0.15, 0.2) is 52.7 Å². The molecule has 0 aromatic heterocycles. The van der Waals surface area contributed by atoms with Crippen LogP contribution in [0.3, 0.4) is 0 Å². The van der Waals surface area contributed by atoms with E-state index in [1.807, 2.05) is 36.1 Å². The first kappa shape index (κ1) is 22.0. The van der Waals surface area contributed by atoms with Crippen LogP contribution in [-0.4, -0.2) is 72.1 Å². The first-order valence-electron chi connectivity index (χ1n) is 10.5. The number of hydrogen-bond donors (Lipinski definition) is 1. The molecule has 0 radical (unpaired) electrons. The van der Waals surface area contributed by atoms with Crippen molar-refractivity contribution < 1.29 is 14.7 Å². The Hall–Kier alpha value is -2.73. The standard InChI is InChI=1S/C24H31N3O3/c1-17(2)24(30)27-12-10-26(11-13-27)9-8-25-16-21-22(28)14-20(15-23(21)29)19-6-4-18(3)5-7-19/h4-7,16,20,28H,1,8-15H2,2-3H3. The molecule has 0 saturated carbocycles. The molecule has 30 heavy (non-hydrogen) atoms. The van der Waals surface area contributed by atoms with Gasteiger partial charge in [0.1, 0.15) is 5.76 Å². The summed E-state index contributed by atoms with van der Waals surface area (Å²) in [6.07, 6.45) is 2.39. The van der Waals surface area contributed by atoms with E-state index in [2.05, 4.69) is 16.5 Å². The Labute approximate surface area is 178 Å². The molecule has 1 unspecified atom stereocenters. The Bertz CT molecular complexity index is 862. The van der Waals surface area contributed by atoms with E-state index >= 15 is 0 Å². The number of carbonyl (C=O) groups is 2. The Kier molecular flexibility index (Phi) is 7.21. The van der Waals surface area contributed by atoms with Gasteiger partial charge in [-0.15, -0.1) is 0 Å². The molecule has 6 heteroatoms. The number of aliphatic hydroxyl groups excluding tert-OH is 1. The van der Waals surface area contributed by atoms with Gasteiger partial charge in [0, 0.05) is 57.4 Å². The van der Waals surface area contributed by atoms with E-state index in [1.54, 1.807) is 6.92 Å². The molecule has 160 valence electrons. The van der Waals surface area contributed by atoms with E-state index in [0.29, 0.717) is 43.6 Å². The van der Waals surface area contributed by atoms with Crippen molar-refractivity contribution in [3.05, 3.63) is 58.9 Å². The molecule has 1 atom stereocenters. The van der Waals surface area contributed by atoms with Crippen molar-refractivity contribution in [1.29, 1.82) is 0 Å². The fourth-order valence-corrected chi connectivity index (χ4v) is 3.93. The second kappa shape index (κ2) is 9.85. The maximum Gasteiger partial charge on any atom is 0.248 e. The van der Waals surface area contributed by atoms with Crippen molar-refractivity contribution >= 4 is 17.9 Å². The number of aliphatic hydroxyl groups is 1. The minimum atomic E-state index is -0.0556. The van der Waals surface area contributed by atoms with E-state index in [1.165, 1.54) is 11.8 Å². The Morgan fingerprint density at radius 3 is 2.47 bits per heavy atom. The predicted octanol–water partition coefficient (Wildman–Crippen LogP) is 3.04. The van der Waals surface area contributed by atoms with E-state index in [4.69, 9.17) is 0 Å². The SMILES string of the molecule is C=C(C)C(=O)N1CCN(CCN=CC2=C(O)CC(c3ccc(C)cc3)CC2=O)CC1. The number of piperazine rings is 1. The number of rotatable bonds is 6. The van der Waals surface area contributed by atoms with Crippen molar-refractivity contribution in [3.63, 3.8) is 0 Å². The first-order chi connectivity index (χ1) is 14.3. The zero-order valence-corrected chi connectivity index (χ0v) is 17.9. The van der Waals surface area contributed by atoms with Crippen LogP contribution in [0.1, 0.15) is 36.8 Å². The number of aliphatic imine (C=N–C) groups is 1. The van der Waals surface area contributed by atoms with Gasteiger partial charge in [0.25, 0.3) is 0 Å². The highest BCUT2D eigenvalue weighted by Gasteiger charge is 2.27. The van der Waals surface area contributed by atoms with Gasteiger partial charge in [0.05, 0.1) is 12.1 Å². The normalized spacial score (nSPS) is 20.8. The molecule has 1 heterocycles. The number of nitrogens with zero attached hydrogens (tertiary/aromatic N) is 3. The fourth-order valence-electron chi connectivity index (χ4n) is 3.93. The minimum absolute atomic E-state index is 0.0217. The molecule has 1 aliphatic carbocycles. The van der Waals surface area contributed by atoms with Crippen LogP contribution in [0.5, 0.6) is 0 Å². The average Bonchev–Trinajstić information content (AvgIpc) is 2.73. The zero-order chi connectivity index (χ0) is 21.7. The van der Waals surface area contributed by atoms with E-state index in [9.17, 15) is 14.7 Å². The number of Topliss-reactive ketones (excluding diaryl/α,β-unsaturated/α-hetero) is 1. The molecule has 1 N–H and O–H groups in total. The number of allylic oxidation sites excluding steroid dienone is 2. The number of ketones is 1. The molecular formula is C24H31N3O3. The summed E-state index contributed by atoms with van der Waals surface area (Å²) in [6.45, 7) is 11.8. The van der Waals surface area contributed by atoms with Crippen LogP contribution in [0.25, 0.3) is 0 Å². The number of aryl methyl sites for hydroxylation is 1. The Balaban J connectivity index is 1.48. The second-order valence-corrected chi connectivity index (χ2v) is 8.25. The van der Waals surface area contributed by atoms with Gasteiger partial charge in [-0.2, -0.15) is 0 Å². The van der Waals surface area contributed by atoms with Crippen LogP contribution in [0.4, 0.5) is 0 Å². The first-order valence-corrected chi connectivity index (χ1v) is 10.5. The molecule has 1 aromatic carbocycles. The molecule has 1 aromatic rings. The summed E-state index contributed by atoms with van der Waals surface area (Å²) in [5.74, 6) is 0.121. The van der Waals surface area contributed by atoms with E-state index in [0.717, 1.165) is 25.2 Å². The summed E-state index contributed by atoms with van der Waals surface area (Å²) in [5.41, 5.74) is 3.18. The molecule has 0 spiro atoms. The molecule has 1 aliphatic heterocycles. The summed E-state index contributed by atoms with van der Waals surface area (Å²) in [5, 5.41) is 10.4. The number of carbonyl (C=O) groups excluding carboxylic acids is 2. The van der Waals surface area contributed by atoms with Crippen LogP contribution < -0.4 is 0 Å². The summed E-state index contributed by atoms with van der Waals surface area (Å²) < 4.78 is 0. The van der Waals surface area contributed by atoms with Crippen molar-refractivity contribution in [3.8, 4) is 0 Å². The molecule has 6 nitrogen and oxygen atoms in total. The molecule has 1 amide bonds. The smallest absolute Gasteiger partial charge is 0.248 e. The summed E-state index contributed by atoms with van der Waals surface area (Å²) in [4.78, 5) is 33.0. The summed E-state index contributed by atoms with van der Waals surface area (Å²) in [7, 11) is 0. The van der Waals surface area contributed by atoms with Gasteiger partial charge in [-0.1, -0.05) is 36.4 Å². The maximum atomic E-state index is 12.5. The molecule has 2 aliphatic rings. The van der Waals surface area contributed by atoms with Gasteiger partial charge in [-0.3, -0.25) is 19.5 Å². The number of benzene rings is 1. The van der Waals surface area contributed by atoms with Crippen LogP contribution in [-0.2, 0) is 9.59 Å². The highest BCUT2D eigenvalue weighted by molar-refractivity contribution is 6.14. The van der Waals surface area contributed by atoms with Gasteiger partial charge < -0.3 is 10.0 Å². The van der Waals surface area contributed by atoms with Crippen molar-refractivity contribution in [1.82, 2.24) is 9.80 Å². The molecule has 1 fully saturated rings. The fraction of sp³-hybridized carbons (Fsp3) is 0.458. The Morgan fingerprint density at radius 2 is 1.87 bits per heavy atom. The van der Waals surface area contributed by atoms with Crippen LogP contribution in [0.2, 0.25) is 0 Å². The third kappa shape index (κ3) is 5.45. The minimum Gasteiger partial charge on any atom is -0.511 e. The van der Waals surface area contributed by atoms with Crippen molar-refractivity contribution in [2.75, 3.05) is 39.3 Å². The van der Waals surface area contributed by atoms with Gasteiger partial charge in [-0.05, 0) is 25.3 Å². The van der Waals surface area contributed by atoms with Crippen molar-refractivity contribution in [2.24, 2.45) is 4.99 Å². The number of hydrogen-bond acceptors (Lipinski definition) is 5. The second-order valence-electron chi connectivity index (χ2n) is 8.25. The maximum absolute atomic E-state index is 12.5. The van der Waals surface area contributed by atoms with Gasteiger partial charge >= 0.3 is 0 Å². The third-order valence-electron chi connectivity index (χ3n) is 5.82. The largest absolute Gasteiger partial charge is 0.511 e. The highest BCUT2D eigenvalue weighted by Crippen LogP contribution is 2.33. The molecular weight excluding hydrogens is 378 g/mol. The van der Waals surface area contributed by atoms with Crippen LogP contribution in [0, 0.1) is 6.92 Å². The molecule has 1 saturated heterocycles. The summed E-state index contributed by atoms with van der Waals surface area (Å²) >= 11 is 0. The monoisotopic (exact) mass is 409 g/mol. The number of amides is 1. The van der Waals surface area contributed by atoms with Gasteiger partial charge in [-0.25, -0.2) is 0 Å². The van der Waals surface area contributed by atoms with Crippen LogP contribution >= 0.6 is 0 Å². The topological polar surface area (TPSA) is 73.2 Å². The lowest BCUT2D eigenvalue weighted by molar-refractivity contribution is -0.128. The predicted molar refractivity (Wildman–Crippen MR) is 119 cm³/mol. The quantitative estimate of drug-likeness (QED) is 0.579. The Morgan fingerprint density at radius 1 is 1.20 bits per heavy atom. The lowest BCUT2D eigenvalue weighted by Crippen LogP contribution is -2.49. The average molecular weight is 410 g/mol. The van der Waals surface area contributed by atoms with E-state index < -0.39 is 0 Å².